The van der Waals surface area contributed by atoms with Crippen LogP contribution in [0.15, 0.2) is 66.7 Å². The Morgan fingerprint density at radius 2 is 1.71 bits per heavy atom. The lowest BCUT2D eigenvalue weighted by atomic mass is 10.1. The number of fused-ring (bicyclic) bond motifs is 1. The molecule has 1 aromatic heterocycles. The number of hydrogen-bond donors (Lipinski definition) is 0. The van der Waals surface area contributed by atoms with Crippen molar-refractivity contribution in [3.05, 3.63) is 78.0 Å². The van der Waals surface area contributed by atoms with Crippen LogP contribution in [0.1, 0.15) is 23.0 Å². The van der Waals surface area contributed by atoms with E-state index in [1.54, 1.807) is 30.3 Å². The first-order chi connectivity index (χ1) is 11.6. The van der Waals surface area contributed by atoms with Gasteiger partial charge in [-0.2, -0.15) is 0 Å². The lowest BCUT2D eigenvalue weighted by Crippen LogP contribution is -2.04. The van der Waals surface area contributed by atoms with Gasteiger partial charge in [-0.15, -0.1) is 0 Å². The number of para-hydroxylation sites is 1. The number of hydrogen-bond acceptors (Lipinski definition) is 4. The molecule has 0 saturated heterocycles. The van der Waals surface area contributed by atoms with Gasteiger partial charge in [0, 0.05) is 17.0 Å². The minimum atomic E-state index is -0.500. The summed E-state index contributed by atoms with van der Waals surface area (Å²) >= 11 is 0. The molecule has 24 heavy (non-hydrogen) atoms. The van der Waals surface area contributed by atoms with Crippen LogP contribution in [0.3, 0.4) is 0 Å². The van der Waals surface area contributed by atoms with Crippen molar-refractivity contribution in [2.75, 3.05) is 0 Å². The number of pyridine rings is 1. The minimum Gasteiger partial charge on any atom is -0.423 e. The van der Waals surface area contributed by atoms with Gasteiger partial charge < -0.3 is 4.74 Å². The van der Waals surface area contributed by atoms with Crippen molar-refractivity contribution in [1.82, 2.24) is 4.98 Å². The zero-order valence-corrected chi connectivity index (χ0v) is 13.1. The predicted molar refractivity (Wildman–Crippen MR) is 92.9 cm³/mol. The number of esters is 1. The molecule has 3 rings (SSSR count). The Hall–Kier alpha value is -3.27. The van der Waals surface area contributed by atoms with E-state index >= 15 is 0 Å². The number of rotatable bonds is 4. The van der Waals surface area contributed by atoms with Crippen molar-refractivity contribution in [2.45, 2.75) is 6.92 Å². The average Bonchev–Trinajstić information content (AvgIpc) is 2.60. The summed E-state index contributed by atoms with van der Waals surface area (Å²) in [5, 5.41) is 1.04. The van der Waals surface area contributed by atoms with Crippen LogP contribution in [0, 0.1) is 0 Å². The molecule has 3 aromatic rings. The molecule has 2 aromatic carbocycles. The molecule has 0 N–H and O–H groups in total. The van der Waals surface area contributed by atoms with E-state index in [1.807, 2.05) is 36.4 Å². The molecule has 0 spiro atoms. The van der Waals surface area contributed by atoms with Crippen molar-refractivity contribution in [2.24, 2.45) is 0 Å². The molecule has 118 valence electrons. The molecule has 0 unspecified atom stereocenters. The highest BCUT2D eigenvalue weighted by Gasteiger charge is 2.03. The number of Topliss-reactive ketones (excluding diaryl/α,β-unsaturated/α-hetero) is 1. The van der Waals surface area contributed by atoms with E-state index in [4.69, 9.17) is 4.74 Å². The minimum absolute atomic E-state index is 0.0323. The van der Waals surface area contributed by atoms with Gasteiger partial charge in [-0.3, -0.25) is 4.79 Å². The maximum absolute atomic E-state index is 11.9. The first-order valence-corrected chi connectivity index (χ1v) is 7.48. The molecule has 0 aliphatic rings. The number of benzene rings is 2. The topological polar surface area (TPSA) is 56.3 Å². The molecule has 1 heterocycles. The van der Waals surface area contributed by atoms with Crippen molar-refractivity contribution in [3.63, 3.8) is 0 Å². The Kier molecular flexibility index (Phi) is 4.47. The molecule has 4 nitrogen and oxygen atoms in total. The second-order valence-electron chi connectivity index (χ2n) is 5.26. The molecular formula is C20H15NO3. The van der Waals surface area contributed by atoms with Crippen LogP contribution in [-0.2, 0) is 4.79 Å². The standard InChI is InChI=1S/C20H15NO3/c1-14(22)15-7-11-18(12-8-15)24-20(23)13-10-17-9-6-16-4-2-3-5-19(16)21-17/h2-13H,1H3/b13-10+. The van der Waals surface area contributed by atoms with E-state index in [1.165, 1.54) is 13.0 Å². The van der Waals surface area contributed by atoms with Crippen LogP contribution in [-0.4, -0.2) is 16.7 Å². The fraction of sp³-hybridized carbons (Fsp3) is 0.0500. The van der Waals surface area contributed by atoms with Crippen LogP contribution in [0.25, 0.3) is 17.0 Å². The summed E-state index contributed by atoms with van der Waals surface area (Å²) in [7, 11) is 0. The highest BCUT2D eigenvalue weighted by molar-refractivity contribution is 5.94. The summed E-state index contributed by atoms with van der Waals surface area (Å²) in [6.07, 6.45) is 2.94. The maximum Gasteiger partial charge on any atom is 0.336 e. The molecule has 4 heteroatoms. The van der Waals surface area contributed by atoms with Gasteiger partial charge in [0.2, 0.25) is 0 Å². The Morgan fingerprint density at radius 3 is 2.46 bits per heavy atom. The third-order valence-electron chi connectivity index (χ3n) is 3.49. The van der Waals surface area contributed by atoms with Crippen molar-refractivity contribution in [1.29, 1.82) is 0 Å². The molecular weight excluding hydrogens is 302 g/mol. The van der Waals surface area contributed by atoms with E-state index in [0.29, 0.717) is 17.0 Å². The molecule has 0 radical (unpaired) electrons. The first-order valence-electron chi connectivity index (χ1n) is 7.48. The number of aromatic nitrogens is 1. The van der Waals surface area contributed by atoms with E-state index < -0.39 is 5.97 Å². The zero-order chi connectivity index (χ0) is 16.9. The molecule has 0 saturated carbocycles. The number of ether oxygens (including phenoxy) is 1. The average molecular weight is 317 g/mol. The molecule has 0 amide bonds. The molecule has 0 atom stereocenters. The third kappa shape index (κ3) is 3.73. The van der Waals surface area contributed by atoms with Gasteiger partial charge in [0.05, 0.1) is 11.2 Å². The lowest BCUT2D eigenvalue weighted by Gasteiger charge is -2.02. The quantitative estimate of drug-likeness (QED) is 0.315. The van der Waals surface area contributed by atoms with Crippen LogP contribution in [0.2, 0.25) is 0 Å². The van der Waals surface area contributed by atoms with Crippen LogP contribution >= 0.6 is 0 Å². The van der Waals surface area contributed by atoms with Gasteiger partial charge >= 0.3 is 5.97 Å². The fourth-order valence-corrected chi connectivity index (χ4v) is 2.24. The van der Waals surface area contributed by atoms with Gasteiger partial charge in [0.1, 0.15) is 5.75 Å². The van der Waals surface area contributed by atoms with Crippen LogP contribution < -0.4 is 4.74 Å². The van der Waals surface area contributed by atoms with E-state index in [9.17, 15) is 9.59 Å². The van der Waals surface area contributed by atoms with Crippen molar-refractivity contribution >= 4 is 28.7 Å². The van der Waals surface area contributed by atoms with Crippen LogP contribution in [0.4, 0.5) is 0 Å². The van der Waals surface area contributed by atoms with E-state index in [-0.39, 0.29) is 5.78 Å². The summed E-state index contributed by atoms with van der Waals surface area (Å²) in [5.41, 5.74) is 2.12. The van der Waals surface area contributed by atoms with Crippen molar-refractivity contribution in [3.8, 4) is 5.75 Å². The number of nitrogens with zero attached hydrogens (tertiary/aromatic N) is 1. The predicted octanol–water partition coefficient (Wildman–Crippen LogP) is 4.06. The Bertz CT molecular complexity index is 927. The van der Waals surface area contributed by atoms with Gasteiger partial charge in [-0.1, -0.05) is 24.3 Å². The van der Waals surface area contributed by atoms with Gasteiger partial charge in [0.15, 0.2) is 5.78 Å². The van der Waals surface area contributed by atoms with Crippen LogP contribution in [0.5, 0.6) is 5.75 Å². The zero-order valence-electron chi connectivity index (χ0n) is 13.1. The summed E-state index contributed by atoms with van der Waals surface area (Å²) in [4.78, 5) is 27.5. The summed E-state index contributed by atoms with van der Waals surface area (Å²) in [6, 6.07) is 18.0. The van der Waals surface area contributed by atoms with Gasteiger partial charge in [-0.05, 0) is 49.4 Å². The number of ketones is 1. The fourth-order valence-electron chi connectivity index (χ4n) is 2.24. The molecule has 0 aliphatic heterocycles. The number of carbonyl (C=O) groups is 2. The highest BCUT2D eigenvalue weighted by Crippen LogP contribution is 2.14. The van der Waals surface area contributed by atoms with Gasteiger partial charge in [0.25, 0.3) is 0 Å². The molecule has 0 bridgehead atoms. The monoisotopic (exact) mass is 317 g/mol. The first kappa shape index (κ1) is 15.6. The highest BCUT2D eigenvalue weighted by atomic mass is 16.5. The van der Waals surface area contributed by atoms with Gasteiger partial charge in [-0.25, -0.2) is 9.78 Å². The second kappa shape index (κ2) is 6.87. The molecule has 0 aliphatic carbocycles. The SMILES string of the molecule is CC(=O)c1ccc(OC(=O)/C=C/c2ccc3ccccc3n2)cc1. The lowest BCUT2D eigenvalue weighted by molar-refractivity contribution is -0.128. The summed E-state index contributed by atoms with van der Waals surface area (Å²) < 4.78 is 5.19. The Balaban J connectivity index is 1.68. The maximum atomic E-state index is 11.9. The second-order valence-corrected chi connectivity index (χ2v) is 5.26. The Morgan fingerprint density at radius 1 is 0.958 bits per heavy atom. The smallest absolute Gasteiger partial charge is 0.336 e. The normalized spacial score (nSPS) is 10.9. The van der Waals surface area contributed by atoms with E-state index in [2.05, 4.69) is 4.98 Å². The summed E-state index contributed by atoms with van der Waals surface area (Å²) in [6.45, 7) is 1.49. The largest absolute Gasteiger partial charge is 0.423 e. The molecule has 0 fully saturated rings. The van der Waals surface area contributed by atoms with Crippen molar-refractivity contribution < 1.29 is 14.3 Å². The summed E-state index contributed by atoms with van der Waals surface area (Å²) in [5.74, 6) is -0.142. The number of carbonyl (C=O) groups excluding carboxylic acids is 2. The van der Waals surface area contributed by atoms with E-state index in [0.717, 1.165) is 10.9 Å². The third-order valence-corrected chi connectivity index (χ3v) is 3.49. The Labute approximate surface area is 139 Å².